The molecule has 1 aliphatic heterocycles. The first-order valence-electron chi connectivity index (χ1n) is 7.61. The van der Waals surface area contributed by atoms with Gasteiger partial charge in [0.25, 0.3) is 0 Å². The Bertz CT molecular complexity index is 540. The molecule has 0 radical (unpaired) electrons. The molecule has 2 aromatic rings. The zero-order valence-corrected chi connectivity index (χ0v) is 13.2. The Morgan fingerprint density at radius 3 is 3.29 bits per heavy atom. The highest BCUT2D eigenvalue weighted by Crippen LogP contribution is 2.21. The van der Waals surface area contributed by atoms with Gasteiger partial charge < -0.3 is 14.7 Å². The molecule has 1 unspecified atom stereocenters. The van der Waals surface area contributed by atoms with Gasteiger partial charge in [-0.05, 0) is 50.8 Å². The summed E-state index contributed by atoms with van der Waals surface area (Å²) in [6.45, 7) is 3.47. The van der Waals surface area contributed by atoms with Crippen molar-refractivity contribution < 1.29 is 4.52 Å². The van der Waals surface area contributed by atoms with Crippen LogP contribution in [0.5, 0.6) is 0 Å². The summed E-state index contributed by atoms with van der Waals surface area (Å²) in [5.74, 6) is 1.47. The van der Waals surface area contributed by atoms with Gasteiger partial charge in [-0.15, -0.1) is 11.3 Å². The van der Waals surface area contributed by atoms with Crippen LogP contribution in [0.3, 0.4) is 0 Å². The highest BCUT2D eigenvalue weighted by Gasteiger charge is 2.18. The van der Waals surface area contributed by atoms with Crippen LogP contribution < -0.4 is 5.32 Å². The van der Waals surface area contributed by atoms with E-state index in [1.165, 1.54) is 19.4 Å². The molecule has 1 saturated heterocycles. The highest BCUT2D eigenvalue weighted by molar-refractivity contribution is 7.13. The minimum Gasteiger partial charge on any atom is -0.339 e. The fourth-order valence-corrected chi connectivity index (χ4v) is 3.46. The lowest BCUT2D eigenvalue weighted by Gasteiger charge is -2.32. The summed E-state index contributed by atoms with van der Waals surface area (Å²) in [6.07, 6.45) is 4.51. The summed E-state index contributed by atoms with van der Waals surface area (Å²) in [6, 6.07) is 4.67. The summed E-state index contributed by atoms with van der Waals surface area (Å²) in [5.41, 5.74) is 0. The van der Waals surface area contributed by atoms with E-state index < -0.39 is 0 Å². The second-order valence-electron chi connectivity index (χ2n) is 5.52. The second-order valence-corrected chi connectivity index (χ2v) is 6.47. The summed E-state index contributed by atoms with van der Waals surface area (Å²) < 4.78 is 5.33. The predicted octanol–water partition coefficient (Wildman–Crippen LogP) is 2.41. The average molecular weight is 306 g/mol. The lowest BCUT2D eigenvalue weighted by atomic mass is 10.1. The van der Waals surface area contributed by atoms with Crippen LogP contribution in [0.1, 0.15) is 25.2 Å². The molecular formula is C15H22N4OS. The molecule has 6 heteroatoms. The molecule has 1 aliphatic rings. The Hall–Kier alpha value is -1.24. The standard InChI is InChI=1S/C15H22N4OS/c1-16-12-5-2-8-19(11-12)9-3-7-14-17-15(18-20-14)13-6-4-10-21-13/h4,6,10,12,16H,2-3,5,7-9,11H2,1H3. The van der Waals surface area contributed by atoms with E-state index in [4.69, 9.17) is 4.52 Å². The molecule has 114 valence electrons. The number of nitrogens with zero attached hydrogens (tertiary/aromatic N) is 3. The van der Waals surface area contributed by atoms with Crippen molar-refractivity contribution in [2.75, 3.05) is 26.7 Å². The average Bonchev–Trinajstić information content (AvgIpc) is 3.18. The second kappa shape index (κ2) is 7.15. The number of aryl methyl sites for hydroxylation is 1. The molecule has 0 amide bonds. The van der Waals surface area contributed by atoms with Crippen molar-refractivity contribution >= 4 is 11.3 Å². The van der Waals surface area contributed by atoms with Gasteiger partial charge in [-0.25, -0.2) is 0 Å². The summed E-state index contributed by atoms with van der Waals surface area (Å²) in [4.78, 5) is 8.06. The van der Waals surface area contributed by atoms with Crippen LogP contribution in [0.2, 0.25) is 0 Å². The Kier molecular flexibility index (Phi) is 5.00. The van der Waals surface area contributed by atoms with E-state index in [2.05, 4.69) is 27.4 Å². The molecule has 3 heterocycles. The molecule has 2 aromatic heterocycles. The van der Waals surface area contributed by atoms with Crippen LogP contribution in [-0.4, -0.2) is 47.8 Å². The van der Waals surface area contributed by atoms with Gasteiger partial charge in [0, 0.05) is 19.0 Å². The summed E-state index contributed by atoms with van der Waals surface area (Å²) in [7, 11) is 2.05. The first kappa shape index (κ1) is 14.7. The number of piperidine rings is 1. The molecule has 0 spiro atoms. The van der Waals surface area contributed by atoms with Gasteiger partial charge in [0.1, 0.15) is 0 Å². The third kappa shape index (κ3) is 3.90. The SMILES string of the molecule is CNC1CCCN(CCCc2nc(-c3cccs3)no2)C1. The number of hydrogen-bond donors (Lipinski definition) is 1. The zero-order valence-electron chi connectivity index (χ0n) is 12.4. The van der Waals surface area contributed by atoms with E-state index in [9.17, 15) is 0 Å². The molecule has 1 N–H and O–H groups in total. The van der Waals surface area contributed by atoms with Crippen LogP contribution in [-0.2, 0) is 6.42 Å². The van der Waals surface area contributed by atoms with Crippen molar-refractivity contribution in [2.45, 2.75) is 31.7 Å². The van der Waals surface area contributed by atoms with Gasteiger partial charge in [0.2, 0.25) is 11.7 Å². The number of rotatable bonds is 6. The minimum absolute atomic E-state index is 0.646. The Morgan fingerprint density at radius 1 is 1.52 bits per heavy atom. The monoisotopic (exact) mass is 306 g/mol. The van der Waals surface area contributed by atoms with E-state index in [1.54, 1.807) is 11.3 Å². The number of hydrogen-bond acceptors (Lipinski definition) is 6. The van der Waals surface area contributed by atoms with Crippen LogP contribution in [0.15, 0.2) is 22.0 Å². The topological polar surface area (TPSA) is 54.2 Å². The van der Waals surface area contributed by atoms with Crippen LogP contribution in [0.4, 0.5) is 0 Å². The van der Waals surface area contributed by atoms with Crippen LogP contribution in [0, 0.1) is 0 Å². The van der Waals surface area contributed by atoms with Gasteiger partial charge in [-0.3, -0.25) is 0 Å². The Labute approximate surface area is 129 Å². The highest BCUT2D eigenvalue weighted by atomic mass is 32.1. The molecule has 0 bridgehead atoms. The van der Waals surface area contributed by atoms with E-state index >= 15 is 0 Å². The van der Waals surface area contributed by atoms with Gasteiger partial charge in [0.15, 0.2) is 0 Å². The third-order valence-electron chi connectivity index (χ3n) is 3.99. The van der Waals surface area contributed by atoms with E-state index in [1.807, 2.05) is 17.5 Å². The molecule has 0 aliphatic carbocycles. The molecule has 3 rings (SSSR count). The van der Waals surface area contributed by atoms with Crippen LogP contribution in [0.25, 0.3) is 10.7 Å². The van der Waals surface area contributed by atoms with Crippen molar-refractivity contribution in [3.63, 3.8) is 0 Å². The van der Waals surface area contributed by atoms with Crippen molar-refractivity contribution in [2.24, 2.45) is 0 Å². The van der Waals surface area contributed by atoms with Gasteiger partial charge in [-0.2, -0.15) is 4.98 Å². The van der Waals surface area contributed by atoms with Crippen LogP contribution >= 0.6 is 11.3 Å². The maximum Gasteiger partial charge on any atom is 0.227 e. The van der Waals surface area contributed by atoms with Crippen molar-refractivity contribution in [1.29, 1.82) is 0 Å². The number of likely N-dealkylation sites (N-methyl/N-ethyl adjacent to an activating group) is 1. The first-order valence-corrected chi connectivity index (χ1v) is 8.49. The number of likely N-dealkylation sites (tertiary alicyclic amines) is 1. The largest absolute Gasteiger partial charge is 0.339 e. The van der Waals surface area contributed by atoms with Crippen molar-refractivity contribution in [3.05, 3.63) is 23.4 Å². The Balaban J connectivity index is 1.45. The fraction of sp³-hybridized carbons (Fsp3) is 0.600. The molecule has 5 nitrogen and oxygen atoms in total. The molecule has 0 saturated carbocycles. The minimum atomic E-state index is 0.646. The van der Waals surface area contributed by atoms with E-state index in [-0.39, 0.29) is 0 Å². The smallest absolute Gasteiger partial charge is 0.227 e. The zero-order chi connectivity index (χ0) is 14.5. The van der Waals surface area contributed by atoms with E-state index in [0.717, 1.165) is 36.7 Å². The number of nitrogens with one attached hydrogen (secondary N) is 1. The quantitative estimate of drug-likeness (QED) is 0.888. The first-order chi connectivity index (χ1) is 10.3. The molecule has 21 heavy (non-hydrogen) atoms. The number of aromatic nitrogens is 2. The van der Waals surface area contributed by atoms with Gasteiger partial charge in [-0.1, -0.05) is 11.2 Å². The third-order valence-corrected chi connectivity index (χ3v) is 4.85. The summed E-state index contributed by atoms with van der Waals surface area (Å²) in [5, 5.41) is 9.46. The van der Waals surface area contributed by atoms with E-state index in [0.29, 0.717) is 11.9 Å². The van der Waals surface area contributed by atoms with Crippen molar-refractivity contribution in [3.8, 4) is 10.7 Å². The molecule has 1 fully saturated rings. The lowest BCUT2D eigenvalue weighted by molar-refractivity contribution is 0.192. The summed E-state index contributed by atoms with van der Waals surface area (Å²) >= 11 is 1.64. The maximum atomic E-state index is 5.33. The van der Waals surface area contributed by atoms with Gasteiger partial charge >= 0.3 is 0 Å². The fourth-order valence-electron chi connectivity index (χ4n) is 2.81. The molecule has 1 atom stereocenters. The molecule has 0 aromatic carbocycles. The predicted molar refractivity (Wildman–Crippen MR) is 84.5 cm³/mol. The maximum absolute atomic E-state index is 5.33. The number of thiophene rings is 1. The van der Waals surface area contributed by atoms with Crippen molar-refractivity contribution in [1.82, 2.24) is 20.4 Å². The van der Waals surface area contributed by atoms with Gasteiger partial charge in [0.05, 0.1) is 4.88 Å². The lowest BCUT2D eigenvalue weighted by Crippen LogP contribution is -2.44. The molecular weight excluding hydrogens is 284 g/mol. The normalized spacial score (nSPS) is 20.0. The Morgan fingerprint density at radius 2 is 2.48 bits per heavy atom.